The normalized spacial score (nSPS) is 24.6. The summed E-state index contributed by atoms with van der Waals surface area (Å²) in [6.07, 6.45) is 3.08. The maximum Gasteiger partial charge on any atom is 0.224 e. The van der Waals surface area contributed by atoms with E-state index in [2.05, 4.69) is 5.32 Å². The molecule has 1 aliphatic heterocycles. The number of hydrogen-bond acceptors (Lipinski definition) is 3. The van der Waals surface area contributed by atoms with E-state index in [1.807, 2.05) is 0 Å². The molecule has 1 amide bonds. The van der Waals surface area contributed by atoms with Gasteiger partial charge in [0.25, 0.3) is 0 Å². The van der Waals surface area contributed by atoms with Gasteiger partial charge in [0.15, 0.2) is 0 Å². The smallest absolute Gasteiger partial charge is 0.224 e. The summed E-state index contributed by atoms with van der Waals surface area (Å²) < 4.78 is 0. The number of likely N-dealkylation sites (tertiary alicyclic amines) is 1. The van der Waals surface area contributed by atoms with E-state index in [4.69, 9.17) is 0 Å². The van der Waals surface area contributed by atoms with Crippen LogP contribution in [0.4, 0.5) is 0 Å². The van der Waals surface area contributed by atoms with Crippen LogP contribution in [0.3, 0.4) is 0 Å². The van der Waals surface area contributed by atoms with Gasteiger partial charge >= 0.3 is 0 Å². The quantitative estimate of drug-likeness (QED) is 0.653. The third-order valence-corrected chi connectivity index (χ3v) is 2.76. The molecule has 4 heteroatoms. The highest BCUT2D eigenvalue weighted by molar-refractivity contribution is 5.77. The van der Waals surface area contributed by atoms with Gasteiger partial charge in [-0.25, -0.2) is 0 Å². The Morgan fingerprint density at radius 2 is 2.21 bits per heavy atom. The lowest BCUT2D eigenvalue weighted by atomic mass is 9.96. The highest BCUT2D eigenvalue weighted by Crippen LogP contribution is 2.21. The van der Waals surface area contributed by atoms with Crippen molar-refractivity contribution in [2.24, 2.45) is 0 Å². The fraction of sp³-hybridized carbons (Fsp3) is 0.900. The molecule has 80 valence electrons. The number of aliphatic hydroxyl groups is 1. The van der Waals surface area contributed by atoms with Gasteiger partial charge in [-0.1, -0.05) is 0 Å². The van der Waals surface area contributed by atoms with Crippen molar-refractivity contribution < 1.29 is 9.90 Å². The maximum absolute atomic E-state index is 11.5. The Hall–Kier alpha value is -0.610. The number of β-amino-alcohol motifs (C(OH)–C–C–N with tert-alkyl or cyclic N) is 1. The van der Waals surface area contributed by atoms with E-state index >= 15 is 0 Å². The van der Waals surface area contributed by atoms with E-state index in [0.717, 1.165) is 6.54 Å². The minimum Gasteiger partial charge on any atom is -0.386 e. The topological polar surface area (TPSA) is 52.6 Å². The second-order valence-corrected chi connectivity index (χ2v) is 4.73. The zero-order chi connectivity index (χ0) is 10.2. The van der Waals surface area contributed by atoms with Crippen LogP contribution in [0.2, 0.25) is 0 Å². The molecule has 0 bridgehead atoms. The summed E-state index contributed by atoms with van der Waals surface area (Å²) in [7, 11) is 0. The van der Waals surface area contributed by atoms with Crippen molar-refractivity contribution in [1.82, 2.24) is 10.2 Å². The second-order valence-electron chi connectivity index (χ2n) is 4.73. The van der Waals surface area contributed by atoms with Crippen molar-refractivity contribution in [3.8, 4) is 0 Å². The van der Waals surface area contributed by atoms with Crippen LogP contribution < -0.4 is 5.32 Å². The molecule has 0 spiro atoms. The predicted octanol–water partition coefficient (Wildman–Crippen LogP) is -0.278. The number of rotatable bonds is 4. The van der Waals surface area contributed by atoms with E-state index in [0.29, 0.717) is 25.6 Å². The highest BCUT2D eigenvalue weighted by atomic mass is 16.3. The van der Waals surface area contributed by atoms with Crippen LogP contribution >= 0.6 is 0 Å². The molecule has 0 unspecified atom stereocenters. The lowest BCUT2D eigenvalue weighted by Gasteiger charge is -2.44. The summed E-state index contributed by atoms with van der Waals surface area (Å²) in [5.41, 5.74) is -0.639. The van der Waals surface area contributed by atoms with Crippen molar-refractivity contribution >= 4 is 5.91 Å². The number of hydrogen-bond donors (Lipinski definition) is 2. The molecule has 0 atom stereocenters. The molecule has 14 heavy (non-hydrogen) atoms. The number of nitrogens with one attached hydrogen (secondary N) is 1. The Morgan fingerprint density at radius 3 is 2.71 bits per heavy atom. The number of amides is 1. The average molecular weight is 198 g/mol. The summed E-state index contributed by atoms with van der Waals surface area (Å²) in [6.45, 7) is 3.53. The molecule has 0 aromatic rings. The second kappa shape index (κ2) is 3.51. The van der Waals surface area contributed by atoms with Crippen LogP contribution in [-0.4, -0.2) is 47.2 Å². The first-order valence-corrected chi connectivity index (χ1v) is 5.30. The van der Waals surface area contributed by atoms with E-state index in [1.54, 1.807) is 11.8 Å². The van der Waals surface area contributed by atoms with Crippen LogP contribution in [-0.2, 0) is 4.79 Å². The molecule has 2 aliphatic rings. The first-order valence-electron chi connectivity index (χ1n) is 5.30. The van der Waals surface area contributed by atoms with Gasteiger partial charge in [0.05, 0.1) is 18.7 Å². The molecule has 1 heterocycles. The summed E-state index contributed by atoms with van der Waals surface area (Å²) >= 11 is 0. The van der Waals surface area contributed by atoms with Crippen LogP contribution in [0.1, 0.15) is 26.2 Å². The molecule has 2 N–H and O–H groups in total. The molecule has 1 saturated carbocycles. The average Bonchev–Trinajstić information content (AvgIpc) is 2.83. The molecular weight excluding hydrogens is 180 g/mol. The van der Waals surface area contributed by atoms with Crippen molar-refractivity contribution in [1.29, 1.82) is 0 Å². The van der Waals surface area contributed by atoms with Gasteiger partial charge in [0, 0.05) is 19.0 Å². The minimum absolute atomic E-state index is 0.157. The van der Waals surface area contributed by atoms with E-state index < -0.39 is 5.60 Å². The van der Waals surface area contributed by atoms with Gasteiger partial charge in [0.1, 0.15) is 0 Å². The minimum atomic E-state index is -0.639. The number of carbonyl (C=O) groups is 1. The van der Waals surface area contributed by atoms with Gasteiger partial charge in [-0.2, -0.15) is 0 Å². The van der Waals surface area contributed by atoms with Gasteiger partial charge in [-0.3, -0.25) is 4.79 Å². The zero-order valence-electron chi connectivity index (χ0n) is 8.62. The Kier molecular flexibility index (Phi) is 2.49. The monoisotopic (exact) mass is 198 g/mol. The van der Waals surface area contributed by atoms with Gasteiger partial charge < -0.3 is 15.3 Å². The van der Waals surface area contributed by atoms with Crippen molar-refractivity contribution in [2.75, 3.05) is 19.6 Å². The third-order valence-electron chi connectivity index (χ3n) is 2.76. The summed E-state index contributed by atoms with van der Waals surface area (Å²) in [5.74, 6) is 0.157. The maximum atomic E-state index is 11.5. The zero-order valence-corrected chi connectivity index (χ0v) is 8.62. The molecule has 0 aromatic carbocycles. The Morgan fingerprint density at radius 1 is 1.57 bits per heavy atom. The fourth-order valence-corrected chi connectivity index (χ4v) is 1.78. The Labute approximate surface area is 84.3 Å². The standard InChI is InChI=1S/C10H18N2O2/c1-10(14)6-12(7-10)9(13)4-5-11-8-2-3-8/h8,11,14H,2-7H2,1H3. The first kappa shape index (κ1) is 9.93. The lowest BCUT2D eigenvalue weighted by molar-refractivity contribution is -0.152. The van der Waals surface area contributed by atoms with E-state index in [1.165, 1.54) is 12.8 Å². The molecule has 2 fully saturated rings. The largest absolute Gasteiger partial charge is 0.386 e. The van der Waals surface area contributed by atoms with Gasteiger partial charge in [-0.15, -0.1) is 0 Å². The van der Waals surface area contributed by atoms with Gasteiger partial charge in [0.2, 0.25) is 5.91 Å². The van der Waals surface area contributed by atoms with Crippen molar-refractivity contribution in [2.45, 2.75) is 37.8 Å². The van der Waals surface area contributed by atoms with Crippen LogP contribution in [0.15, 0.2) is 0 Å². The summed E-state index contributed by atoms with van der Waals surface area (Å²) in [6, 6.07) is 0.669. The van der Waals surface area contributed by atoms with E-state index in [9.17, 15) is 9.90 Å². The molecular formula is C10H18N2O2. The van der Waals surface area contributed by atoms with Crippen LogP contribution in [0.5, 0.6) is 0 Å². The number of carbonyl (C=O) groups excluding carboxylic acids is 1. The van der Waals surface area contributed by atoms with E-state index in [-0.39, 0.29) is 5.91 Å². The Balaban J connectivity index is 1.59. The lowest BCUT2D eigenvalue weighted by Crippen LogP contribution is -2.61. The SMILES string of the molecule is CC1(O)CN(C(=O)CCNC2CC2)C1. The molecule has 4 nitrogen and oxygen atoms in total. The molecule has 2 rings (SSSR count). The van der Waals surface area contributed by atoms with Crippen LogP contribution in [0.25, 0.3) is 0 Å². The summed E-state index contributed by atoms with van der Waals surface area (Å²) in [5, 5.41) is 12.7. The fourth-order valence-electron chi connectivity index (χ4n) is 1.78. The van der Waals surface area contributed by atoms with Crippen molar-refractivity contribution in [3.63, 3.8) is 0 Å². The molecule has 0 aromatic heterocycles. The first-order chi connectivity index (χ1) is 6.57. The van der Waals surface area contributed by atoms with Crippen LogP contribution in [0, 0.1) is 0 Å². The number of nitrogens with zero attached hydrogens (tertiary/aromatic N) is 1. The molecule has 1 aliphatic carbocycles. The Bertz CT molecular complexity index is 228. The summed E-state index contributed by atoms with van der Waals surface area (Å²) in [4.78, 5) is 13.2. The third kappa shape index (κ3) is 2.45. The molecule has 1 saturated heterocycles. The predicted molar refractivity (Wildman–Crippen MR) is 52.8 cm³/mol. The van der Waals surface area contributed by atoms with Crippen molar-refractivity contribution in [3.05, 3.63) is 0 Å². The molecule has 0 radical (unpaired) electrons. The van der Waals surface area contributed by atoms with Gasteiger partial charge in [-0.05, 0) is 19.8 Å². The highest BCUT2D eigenvalue weighted by Gasteiger charge is 2.38.